The number of hydrogen-bond acceptors (Lipinski definition) is 6. The van der Waals surface area contributed by atoms with Gasteiger partial charge < -0.3 is 5.11 Å². The maximum Gasteiger partial charge on any atom is 0.173 e. The number of Topliss-reactive ketones (excluding diaryl/α,β-unsaturated/α-hetero) is 1. The summed E-state index contributed by atoms with van der Waals surface area (Å²) in [5.41, 5.74) is 0. The lowest BCUT2D eigenvalue weighted by atomic mass is 10.1. The van der Waals surface area contributed by atoms with E-state index in [0.29, 0.717) is 6.42 Å². The van der Waals surface area contributed by atoms with Gasteiger partial charge in [-0.3, -0.25) is 4.79 Å². The van der Waals surface area contributed by atoms with E-state index in [1.165, 1.54) is 26.0 Å². The minimum Gasteiger partial charge on any atom is -0.386 e. The van der Waals surface area contributed by atoms with E-state index in [9.17, 15) is 9.90 Å². The maximum absolute atomic E-state index is 12.1. The Bertz CT molecular complexity index is 890. The van der Waals surface area contributed by atoms with Crippen molar-refractivity contribution in [2.24, 2.45) is 0 Å². The van der Waals surface area contributed by atoms with Gasteiger partial charge in [-0.25, -0.2) is 0 Å². The highest BCUT2D eigenvalue weighted by atomic mass is 32.2. The third-order valence-corrected chi connectivity index (χ3v) is 8.85. The van der Waals surface area contributed by atoms with E-state index >= 15 is 0 Å². The van der Waals surface area contributed by atoms with Gasteiger partial charge in [-0.15, -0.1) is 45.8 Å². The number of aliphatic hydroxyl groups excluding tert-OH is 1. The van der Waals surface area contributed by atoms with Crippen molar-refractivity contribution in [2.75, 3.05) is 0 Å². The van der Waals surface area contributed by atoms with Crippen LogP contribution in [0.3, 0.4) is 0 Å². The first kappa shape index (κ1) is 18.2. The number of aryl methyl sites for hydroxylation is 1. The van der Waals surface area contributed by atoms with E-state index in [0.717, 1.165) is 22.6 Å². The van der Waals surface area contributed by atoms with Crippen LogP contribution in [-0.2, 0) is 6.42 Å². The fraction of sp³-hybridized carbons (Fsp3) is 0.250. The average Bonchev–Trinajstić information content (AvgIpc) is 3.44. The zero-order valence-electron chi connectivity index (χ0n) is 14.0. The summed E-state index contributed by atoms with van der Waals surface area (Å²) in [6.45, 7) is 0. The number of rotatable bonds is 7. The summed E-state index contributed by atoms with van der Waals surface area (Å²) >= 11 is 6.65. The molecule has 0 aliphatic carbocycles. The topological polar surface area (TPSA) is 37.3 Å². The third kappa shape index (κ3) is 4.05. The van der Waals surface area contributed by atoms with Gasteiger partial charge in [0.15, 0.2) is 5.78 Å². The molecule has 0 bridgehead atoms. The number of hydrogen-bond donors (Lipinski definition) is 1. The molecule has 4 heterocycles. The Morgan fingerprint density at radius 3 is 2.77 bits per heavy atom. The fourth-order valence-corrected chi connectivity index (χ4v) is 6.89. The molecular formula is C20H18O2S4. The summed E-state index contributed by atoms with van der Waals surface area (Å²) in [4.78, 5) is 17.7. The standard InChI is InChI=1S/C20H18O2S4/c21-14(15-3-1-11-23-15)7-5-13-6-8-18(25-13)20(22)19-10-9-17(26-19)16-4-2-12-24-16/h1-4,6,8-9,11-12,19-20,22H,5,7,10H2. The highest BCUT2D eigenvalue weighted by Gasteiger charge is 2.28. The van der Waals surface area contributed by atoms with Crippen molar-refractivity contribution in [2.45, 2.75) is 30.6 Å². The van der Waals surface area contributed by atoms with Crippen molar-refractivity contribution in [1.82, 2.24) is 0 Å². The molecule has 4 rings (SSSR count). The number of allylic oxidation sites excluding steroid dienone is 1. The monoisotopic (exact) mass is 418 g/mol. The fourth-order valence-electron chi connectivity index (χ4n) is 2.92. The van der Waals surface area contributed by atoms with Gasteiger partial charge in [-0.2, -0.15) is 0 Å². The number of thiophene rings is 3. The molecule has 0 spiro atoms. The Labute approximate surface area is 169 Å². The van der Waals surface area contributed by atoms with Gasteiger partial charge in [0.2, 0.25) is 0 Å². The van der Waals surface area contributed by atoms with Crippen LogP contribution in [0.5, 0.6) is 0 Å². The molecule has 134 valence electrons. The Balaban J connectivity index is 1.33. The second kappa shape index (κ2) is 8.23. The van der Waals surface area contributed by atoms with Crippen molar-refractivity contribution in [3.8, 4) is 0 Å². The van der Waals surface area contributed by atoms with Crippen LogP contribution in [0, 0.1) is 0 Å². The minimum absolute atomic E-state index is 0.173. The van der Waals surface area contributed by atoms with Crippen LogP contribution in [0.25, 0.3) is 4.91 Å². The molecule has 3 aromatic rings. The molecule has 1 aliphatic heterocycles. The molecular weight excluding hydrogens is 400 g/mol. The van der Waals surface area contributed by atoms with Crippen molar-refractivity contribution < 1.29 is 9.90 Å². The van der Waals surface area contributed by atoms with Gasteiger partial charge in [-0.1, -0.05) is 18.2 Å². The van der Waals surface area contributed by atoms with Gasteiger partial charge in [0.1, 0.15) is 6.10 Å². The molecule has 1 aliphatic rings. The van der Waals surface area contributed by atoms with E-state index in [2.05, 4.69) is 29.7 Å². The first-order valence-corrected chi connectivity index (χ1v) is 11.9. The number of carbonyl (C=O) groups is 1. The van der Waals surface area contributed by atoms with Gasteiger partial charge in [0.25, 0.3) is 0 Å². The van der Waals surface area contributed by atoms with Crippen molar-refractivity contribution >= 4 is 56.5 Å². The van der Waals surface area contributed by atoms with E-state index in [1.54, 1.807) is 34.4 Å². The smallest absolute Gasteiger partial charge is 0.173 e. The second-order valence-electron chi connectivity index (χ2n) is 6.09. The van der Waals surface area contributed by atoms with Crippen LogP contribution < -0.4 is 0 Å². The molecule has 2 unspecified atom stereocenters. The summed E-state index contributed by atoms with van der Waals surface area (Å²) in [7, 11) is 0. The van der Waals surface area contributed by atoms with Crippen LogP contribution in [0.1, 0.15) is 43.2 Å². The van der Waals surface area contributed by atoms with Gasteiger partial charge in [0, 0.05) is 31.2 Å². The molecule has 6 heteroatoms. The SMILES string of the molecule is O=C(CCc1ccc(C(O)C2CC=C(c3cccs3)S2)s1)c1cccs1. The highest BCUT2D eigenvalue weighted by molar-refractivity contribution is 8.09. The first-order valence-electron chi connectivity index (χ1n) is 8.45. The zero-order valence-corrected chi connectivity index (χ0v) is 17.2. The van der Waals surface area contributed by atoms with Crippen LogP contribution >= 0.6 is 45.8 Å². The molecule has 0 radical (unpaired) electrons. The lowest BCUT2D eigenvalue weighted by Crippen LogP contribution is -2.10. The number of thioether (sulfide) groups is 1. The summed E-state index contributed by atoms with van der Waals surface area (Å²) in [5.74, 6) is 0.201. The van der Waals surface area contributed by atoms with Crippen molar-refractivity contribution in [3.63, 3.8) is 0 Å². The molecule has 0 amide bonds. The minimum atomic E-state index is -0.458. The Hall–Kier alpha value is -1.18. The second-order valence-corrected chi connectivity index (χ2v) is 10.5. The highest BCUT2D eigenvalue weighted by Crippen LogP contribution is 2.46. The molecule has 0 aromatic carbocycles. The Morgan fingerprint density at radius 1 is 1.15 bits per heavy atom. The molecule has 0 fully saturated rings. The quantitative estimate of drug-likeness (QED) is 0.460. The third-order valence-electron chi connectivity index (χ3n) is 4.30. The van der Waals surface area contributed by atoms with Crippen LogP contribution in [0.2, 0.25) is 0 Å². The van der Waals surface area contributed by atoms with E-state index in [-0.39, 0.29) is 11.0 Å². The molecule has 0 saturated heterocycles. The van der Waals surface area contributed by atoms with Crippen LogP contribution in [-0.4, -0.2) is 16.1 Å². The van der Waals surface area contributed by atoms with Crippen molar-refractivity contribution in [1.29, 1.82) is 0 Å². The number of ketones is 1. The average molecular weight is 419 g/mol. The van der Waals surface area contributed by atoms with Crippen LogP contribution in [0.15, 0.2) is 53.2 Å². The predicted octanol–water partition coefficient (Wildman–Crippen LogP) is 6.27. The van der Waals surface area contributed by atoms with Gasteiger partial charge >= 0.3 is 0 Å². The van der Waals surface area contributed by atoms with Gasteiger partial charge in [-0.05, 0) is 47.9 Å². The van der Waals surface area contributed by atoms with Crippen LogP contribution in [0.4, 0.5) is 0 Å². The molecule has 2 atom stereocenters. The Morgan fingerprint density at radius 2 is 2.00 bits per heavy atom. The van der Waals surface area contributed by atoms with Crippen molar-refractivity contribution in [3.05, 3.63) is 72.7 Å². The zero-order chi connectivity index (χ0) is 17.9. The lowest BCUT2D eigenvalue weighted by Gasteiger charge is -2.16. The van der Waals surface area contributed by atoms with Gasteiger partial charge in [0.05, 0.1) is 4.88 Å². The summed E-state index contributed by atoms with van der Waals surface area (Å²) in [6.07, 6.45) is 3.94. The molecule has 3 aromatic heterocycles. The molecule has 2 nitrogen and oxygen atoms in total. The molecule has 0 saturated carbocycles. The summed E-state index contributed by atoms with van der Waals surface area (Å²) < 4.78 is 0. The predicted molar refractivity (Wildman–Crippen MR) is 115 cm³/mol. The van der Waals surface area contributed by atoms with E-state index < -0.39 is 6.10 Å². The normalized spacial score (nSPS) is 18.0. The lowest BCUT2D eigenvalue weighted by molar-refractivity contribution is 0.0987. The largest absolute Gasteiger partial charge is 0.386 e. The molecule has 1 N–H and O–H groups in total. The Kier molecular flexibility index (Phi) is 5.76. The van der Waals surface area contributed by atoms with E-state index in [4.69, 9.17) is 0 Å². The summed E-state index contributed by atoms with van der Waals surface area (Å²) in [5, 5.41) is 15.0. The maximum atomic E-state index is 12.1. The summed E-state index contributed by atoms with van der Waals surface area (Å²) in [6, 6.07) is 12.1. The first-order chi connectivity index (χ1) is 12.7. The van der Waals surface area contributed by atoms with E-state index in [1.807, 2.05) is 23.6 Å². The number of carbonyl (C=O) groups excluding carboxylic acids is 1. The number of aliphatic hydroxyl groups is 1. The molecule has 26 heavy (non-hydrogen) atoms.